The predicted octanol–water partition coefficient (Wildman–Crippen LogP) is 2.35. The number of rotatable bonds is 10. The average molecular weight is 389 g/mol. The summed E-state index contributed by atoms with van der Waals surface area (Å²) in [5, 5.41) is 6.92. The molecular weight excluding hydrogens is 352 g/mol. The number of hydrogen-bond acceptors (Lipinski definition) is 4. The zero-order chi connectivity index (χ0) is 19.6. The molecule has 2 aliphatic rings. The molecule has 0 spiro atoms. The van der Waals surface area contributed by atoms with E-state index in [2.05, 4.69) is 51.7 Å². The Bertz CT molecular complexity index is 595. The van der Waals surface area contributed by atoms with Gasteiger partial charge in [0.1, 0.15) is 0 Å². The topological polar surface area (TPSA) is 58.1 Å². The van der Waals surface area contributed by atoms with Crippen molar-refractivity contribution in [2.45, 2.75) is 32.2 Å². The van der Waals surface area contributed by atoms with Crippen LogP contribution in [-0.2, 0) is 9.47 Å². The first-order valence-corrected chi connectivity index (χ1v) is 10.7. The van der Waals surface area contributed by atoms with Gasteiger partial charge in [0.25, 0.3) is 0 Å². The lowest BCUT2D eigenvalue weighted by molar-refractivity contribution is 0.0170. The van der Waals surface area contributed by atoms with E-state index in [9.17, 15) is 0 Å². The highest BCUT2D eigenvalue weighted by molar-refractivity contribution is 5.79. The van der Waals surface area contributed by atoms with Crippen molar-refractivity contribution in [2.75, 3.05) is 59.7 Å². The molecule has 6 heteroatoms. The van der Waals surface area contributed by atoms with Crippen molar-refractivity contribution in [1.82, 2.24) is 15.5 Å². The third kappa shape index (κ3) is 7.08. The minimum absolute atomic E-state index is 0.310. The normalized spacial score (nSPS) is 19.4. The number of morpholine rings is 1. The summed E-state index contributed by atoms with van der Waals surface area (Å²) >= 11 is 0. The Hall–Kier alpha value is -1.63. The van der Waals surface area contributed by atoms with Crippen molar-refractivity contribution in [3.8, 4) is 0 Å². The Kier molecular flexibility index (Phi) is 8.58. The highest BCUT2D eigenvalue weighted by Crippen LogP contribution is 2.28. The molecule has 1 aliphatic carbocycles. The number of hydrogen-bond donors (Lipinski definition) is 2. The molecule has 3 rings (SSSR count). The third-order valence-electron chi connectivity index (χ3n) is 5.44. The fourth-order valence-corrected chi connectivity index (χ4v) is 3.47. The van der Waals surface area contributed by atoms with E-state index in [1.807, 2.05) is 7.05 Å². The highest BCUT2D eigenvalue weighted by atomic mass is 16.5. The molecule has 1 aromatic carbocycles. The van der Waals surface area contributed by atoms with Crippen molar-refractivity contribution in [2.24, 2.45) is 10.9 Å². The maximum atomic E-state index is 5.70. The van der Waals surface area contributed by atoms with Crippen LogP contribution in [0.1, 0.15) is 36.4 Å². The number of benzene rings is 1. The van der Waals surface area contributed by atoms with Gasteiger partial charge in [0, 0.05) is 46.4 Å². The van der Waals surface area contributed by atoms with Gasteiger partial charge in [-0.25, -0.2) is 0 Å². The zero-order valence-electron chi connectivity index (χ0n) is 17.5. The number of ether oxygens (including phenoxy) is 2. The van der Waals surface area contributed by atoms with Crippen LogP contribution < -0.4 is 10.6 Å². The van der Waals surface area contributed by atoms with Crippen LogP contribution in [0.4, 0.5) is 0 Å². The zero-order valence-corrected chi connectivity index (χ0v) is 17.5. The van der Waals surface area contributed by atoms with Crippen LogP contribution in [0, 0.1) is 12.8 Å². The number of guanidine groups is 1. The first-order chi connectivity index (χ1) is 13.8. The smallest absolute Gasteiger partial charge is 0.191 e. The quantitative estimate of drug-likeness (QED) is 0.366. The first-order valence-electron chi connectivity index (χ1n) is 10.7. The summed E-state index contributed by atoms with van der Waals surface area (Å²) in [7, 11) is 1.83. The van der Waals surface area contributed by atoms with E-state index in [1.54, 1.807) is 0 Å². The predicted molar refractivity (Wildman–Crippen MR) is 114 cm³/mol. The second-order valence-corrected chi connectivity index (χ2v) is 7.83. The van der Waals surface area contributed by atoms with E-state index in [4.69, 9.17) is 9.47 Å². The molecule has 0 bridgehead atoms. The van der Waals surface area contributed by atoms with Crippen molar-refractivity contribution in [1.29, 1.82) is 0 Å². The summed E-state index contributed by atoms with van der Waals surface area (Å²) in [6.07, 6.45) is 3.69. The monoisotopic (exact) mass is 388 g/mol. The standard InChI is InChI=1S/C22H36N4O2/c1-18-4-8-20(9-5-18)21(26-11-14-27-15-12-26)16-25-22(23-2)24-10-3-13-28-17-19-6-7-19/h4-5,8-9,19,21H,3,6-7,10-17H2,1-2H3,(H2,23,24,25). The van der Waals surface area contributed by atoms with Gasteiger partial charge in [0.05, 0.1) is 19.3 Å². The molecule has 1 aromatic rings. The summed E-state index contributed by atoms with van der Waals surface area (Å²) in [6.45, 7) is 9.11. The van der Waals surface area contributed by atoms with Gasteiger partial charge in [-0.15, -0.1) is 0 Å². The van der Waals surface area contributed by atoms with Crippen molar-refractivity contribution in [3.05, 3.63) is 35.4 Å². The van der Waals surface area contributed by atoms with E-state index in [0.29, 0.717) is 6.04 Å². The summed E-state index contributed by atoms with van der Waals surface area (Å²) < 4.78 is 11.2. The maximum Gasteiger partial charge on any atom is 0.191 e. The Morgan fingerprint density at radius 2 is 1.96 bits per heavy atom. The highest BCUT2D eigenvalue weighted by Gasteiger charge is 2.23. The summed E-state index contributed by atoms with van der Waals surface area (Å²) in [5.41, 5.74) is 2.63. The summed E-state index contributed by atoms with van der Waals surface area (Å²) in [5.74, 6) is 1.69. The van der Waals surface area contributed by atoms with E-state index < -0.39 is 0 Å². The van der Waals surface area contributed by atoms with Crippen LogP contribution >= 0.6 is 0 Å². The van der Waals surface area contributed by atoms with Gasteiger partial charge in [-0.05, 0) is 37.7 Å². The third-order valence-corrected chi connectivity index (χ3v) is 5.44. The molecule has 1 unspecified atom stereocenters. The van der Waals surface area contributed by atoms with E-state index in [1.165, 1.54) is 24.0 Å². The van der Waals surface area contributed by atoms with Gasteiger partial charge in [-0.1, -0.05) is 29.8 Å². The Balaban J connectivity index is 1.45. The Morgan fingerprint density at radius 1 is 1.21 bits per heavy atom. The van der Waals surface area contributed by atoms with Crippen LogP contribution in [0.5, 0.6) is 0 Å². The number of aliphatic imine (C=N–C) groups is 1. The fourth-order valence-electron chi connectivity index (χ4n) is 3.47. The van der Waals surface area contributed by atoms with Crippen molar-refractivity contribution < 1.29 is 9.47 Å². The molecule has 6 nitrogen and oxygen atoms in total. The van der Waals surface area contributed by atoms with Crippen LogP contribution in [0.25, 0.3) is 0 Å². The van der Waals surface area contributed by atoms with Gasteiger partial charge in [0.15, 0.2) is 5.96 Å². The number of nitrogens with one attached hydrogen (secondary N) is 2. The van der Waals surface area contributed by atoms with Crippen LogP contribution in [0.2, 0.25) is 0 Å². The van der Waals surface area contributed by atoms with Crippen LogP contribution in [-0.4, -0.2) is 70.5 Å². The summed E-state index contributed by atoms with van der Waals surface area (Å²) in [4.78, 5) is 6.88. The average Bonchev–Trinajstić information content (AvgIpc) is 3.55. The van der Waals surface area contributed by atoms with Crippen LogP contribution in [0.15, 0.2) is 29.3 Å². The lowest BCUT2D eigenvalue weighted by Crippen LogP contribution is -2.46. The molecule has 0 radical (unpaired) electrons. The van der Waals surface area contributed by atoms with E-state index >= 15 is 0 Å². The van der Waals surface area contributed by atoms with Gasteiger partial charge in [-0.3, -0.25) is 9.89 Å². The molecule has 0 amide bonds. The number of aryl methyl sites for hydroxylation is 1. The Morgan fingerprint density at radius 3 is 2.64 bits per heavy atom. The Labute approximate surface area is 169 Å². The second kappa shape index (κ2) is 11.4. The minimum atomic E-state index is 0.310. The molecule has 1 saturated heterocycles. The molecule has 28 heavy (non-hydrogen) atoms. The van der Waals surface area contributed by atoms with Gasteiger partial charge < -0.3 is 20.1 Å². The molecular formula is C22H36N4O2. The summed E-state index contributed by atoms with van der Waals surface area (Å²) in [6, 6.07) is 9.18. The lowest BCUT2D eigenvalue weighted by atomic mass is 10.0. The second-order valence-electron chi connectivity index (χ2n) is 7.83. The molecule has 2 fully saturated rings. The largest absolute Gasteiger partial charge is 0.381 e. The molecule has 156 valence electrons. The molecule has 0 aromatic heterocycles. The molecule has 1 atom stereocenters. The maximum absolute atomic E-state index is 5.70. The molecule has 2 N–H and O–H groups in total. The van der Waals surface area contributed by atoms with Gasteiger partial charge >= 0.3 is 0 Å². The SMILES string of the molecule is CN=C(NCCCOCC1CC1)NCC(c1ccc(C)cc1)N1CCOCC1. The fraction of sp³-hybridized carbons (Fsp3) is 0.682. The minimum Gasteiger partial charge on any atom is -0.381 e. The van der Waals surface area contributed by atoms with Crippen LogP contribution in [0.3, 0.4) is 0 Å². The van der Waals surface area contributed by atoms with Crippen molar-refractivity contribution in [3.63, 3.8) is 0 Å². The van der Waals surface area contributed by atoms with Gasteiger partial charge in [0.2, 0.25) is 0 Å². The van der Waals surface area contributed by atoms with Gasteiger partial charge in [-0.2, -0.15) is 0 Å². The molecule has 1 saturated carbocycles. The first kappa shape index (κ1) is 21.1. The molecule has 1 heterocycles. The lowest BCUT2D eigenvalue weighted by Gasteiger charge is -2.35. The number of nitrogens with zero attached hydrogens (tertiary/aromatic N) is 2. The van der Waals surface area contributed by atoms with E-state index in [0.717, 1.165) is 70.9 Å². The van der Waals surface area contributed by atoms with E-state index in [-0.39, 0.29) is 0 Å². The van der Waals surface area contributed by atoms with Crippen molar-refractivity contribution >= 4 is 5.96 Å². The molecule has 1 aliphatic heterocycles.